The number of hydrogen-bond donors (Lipinski definition) is 2. The molecule has 1 saturated carbocycles. The molecule has 1 aromatic carbocycles. The molecule has 1 aliphatic carbocycles. The molecule has 0 aliphatic heterocycles. The first-order valence-electron chi connectivity index (χ1n) is 6.94. The largest absolute Gasteiger partial charge is 0.392 e. The number of carbonyl (C=O) groups is 1. The van der Waals surface area contributed by atoms with Gasteiger partial charge in [0.25, 0.3) is 0 Å². The van der Waals surface area contributed by atoms with Gasteiger partial charge in [0.15, 0.2) is 0 Å². The van der Waals surface area contributed by atoms with Crippen molar-refractivity contribution in [3.63, 3.8) is 0 Å². The summed E-state index contributed by atoms with van der Waals surface area (Å²) in [5, 5.41) is 2.87. The lowest BCUT2D eigenvalue weighted by molar-refractivity contribution is -0.123. The van der Waals surface area contributed by atoms with E-state index in [4.69, 9.17) is 18.0 Å². The monoisotopic (exact) mass is 372 g/mol. The molecule has 1 amide bonds. The van der Waals surface area contributed by atoms with Crippen molar-refractivity contribution >= 4 is 44.7 Å². The molecule has 3 N–H and O–H groups in total. The molecule has 0 aromatic heterocycles. The molecule has 0 heterocycles. The summed E-state index contributed by atoms with van der Waals surface area (Å²) in [7, 11) is 0. The average molecular weight is 373 g/mol. The Balaban J connectivity index is 2.27. The maximum Gasteiger partial charge on any atom is 0.237 e. The van der Waals surface area contributed by atoms with Gasteiger partial charge in [-0.15, -0.1) is 0 Å². The van der Waals surface area contributed by atoms with E-state index in [0.29, 0.717) is 28.6 Å². The Bertz CT molecular complexity index is 585. The van der Waals surface area contributed by atoms with Gasteiger partial charge in [-0.05, 0) is 53.4 Å². The van der Waals surface area contributed by atoms with E-state index in [1.807, 2.05) is 0 Å². The molecule has 3 nitrogen and oxygen atoms in total. The van der Waals surface area contributed by atoms with E-state index in [-0.39, 0.29) is 16.7 Å². The van der Waals surface area contributed by atoms with Gasteiger partial charge >= 0.3 is 0 Å². The van der Waals surface area contributed by atoms with E-state index in [1.165, 1.54) is 6.07 Å². The molecule has 21 heavy (non-hydrogen) atoms. The Morgan fingerprint density at radius 1 is 1.38 bits per heavy atom. The molecule has 6 heteroatoms. The van der Waals surface area contributed by atoms with Crippen molar-refractivity contribution in [2.24, 2.45) is 11.1 Å². The van der Waals surface area contributed by atoms with Gasteiger partial charge in [-0.25, -0.2) is 4.39 Å². The Hall–Kier alpha value is -1.01. The lowest BCUT2D eigenvalue weighted by atomic mass is 9.73. The van der Waals surface area contributed by atoms with Crippen LogP contribution in [0.4, 0.5) is 10.1 Å². The van der Waals surface area contributed by atoms with Crippen molar-refractivity contribution in [2.45, 2.75) is 39.0 Å². The Morgan fingerprint density at radius 2 is 2.00 bits per heavy atom. The van der Waals surface area contributed by atoms with Crippen molar-refractivity contribution in [1.82, 2.24) is 0 Å². The molecule has 1 fully saturated rings. The number of nitrogens with one attached hydrogen (secondary N) is 1. The zero-order chi connectivity index (χ0) is 15.6. The summed E-state index contributed by atoms with van der Waals surface area (Å²) < 4.78 is 13.8. The lowest BCUT2D eigenvalue weighted by Gasteiger charge is -2.34. The summed E-state index contributed by atoms with van der Waals surface area (Å²) in [6.07, 6.45) is 4.33. The van der Waals surface area contributed by atoms with Crippen LogP contribution in [-0.2, 0) is 4.79 Å². The van der Waals surface area contributed by atoms with Gasteiger partial charge < -0.3 is 11.1 Å². The summed E-state index contributed by atoms with van der Waals surface area (Å²) in [5.41, 5.74) is 6.32. The number of halogens is 2. The molecule has 0 unspecified atom stereocenters. The minimum absolute atomic E-state index is 0.184. The number of nitrogens with two attached hydrogens (primary N) is 1. The van der Waals surface area contributed by atoms with Crippen LogP contribution in [0.15, 0.2) is 16.6 Å². The van der Waals surface area contributed by atoms with Crippen LogP contribution in [0.5, 0.6) is 0 Å². The number of rotatable bonds is 3. The molecule has 0 bridgehead atoms. The average Bonchev–Trinajstić information content (AvgIpc) is 2.45. The Kier molecular flexibility index (Phi) is 4.99. The first-order valence-corrected chi connectivity index (χ1v) is 8.14. The number of anilines is 1. The Labute approximate surface area is 137 Å². The third-order valence-corrected chi connectivity index (χ3v) is 5.13. The first-order chi connectivity index (χ1) is 9.86. The quantitative estimate of drug-likeness (QED) is 0.786. The second-order valence-corrected chi connectivity index (χ2v) is 6.84. The molecule has 114 valence electrons. The van der Waals surface area contributed by atoms with E-state index in [2.05, 4.69) is 21.2 Å². The SMILES string of the molecule is Cc1cc(F)c(Br)cc1NC(=O)C1(C(N)=S)CCCCC1. The van der Waals surface area contributed by atoms with Gasteiger partial charge in [-0.3, -0.25) is 4.79 Å². The standard InChI is InChI=1S/C15H18BrFN2OS/c1-9-7-11(17)10(16)8-12(9)19-14(20)15(13(18)21)5-3-2-4-6-15/h7-8H,2-6H2,1H3,(H2,18,21)(H,19,20). The van der Waals surface area contributed by atoms with Crippen LogP contribution in [0.1, 0.15) is 37.7 Å². The second-order valence-electron chi connectivity index (χ2n) is 5.54. The van der Waals surface area contributed by atoms with E-state index in [0.717, 1.165) is 19.3 Å². The molecule has 0 radical (unpaired) electrons. The van der Waals surface area contributed by atoms with Crippen molar-refractivity contribution in [3.8, 4) is 0 Å². The normalized spacial score (nSPS) is 17.3. The highest BCUT2D eigenvalue weighted by Crippen LogP contribution is 2.38. The summed E-state index contributed by atoms with van der Waals surface area (Å²) in [6, 6.07) is 2.95. The minimum atomic E-state index is -0.777. The number of amides is 1. The molecule has 0 atom stereocenters. The third-order valence-electron chi connectivity index (χ3n) is 4.13. The smallest absolute Gasteiger partial charge is 0.237 e. The third kappa shape index (κ3) is 3.26. The van der Waals surface area contributed by atoms with Crippen LogP contribution >= 0.6 is 28.1 Å². The molecule has 0 saturated heterocycles. The number of aryl methyl sites for hydroxylation is 1. The number of thiocarbonyl (C=S) groups is 1. The summed E-state index contributed by atoms with van der Waals surface area (Å²) in [4.78, 5) is 12.9. The molecule has 1 aromatic rings. The first kappa shape index (κ1) is 16.4. The Morgan fingerprint density at radius 3 is 2.57 bits per heavy atom. The van der Waals surface area contributed by atoms with Crippen LogP contribution in [0.25, 0.3) is 0 Å². The van der Waals surface area contributed by atoms with Gasteiger partial charge in [-0.2, -0.15) is 0 Å². The van der Waals surface area contributed by atoms with Crippen LogP contribution < -0.4 is 11.1 Å². The predicted octanol–water partition coefficient (Wildman–Crippen LogP) is 4.07. The highest BCUT2D eigenvalue weighted by molar-refractivity contribution is 9.10. The second kappa shape index (κ2) is 6.40. The lowest BCUT2D eigenvalue weighted by Crippen LogP contribution is -2.47. The zero-order valence-corrected chi connectivity index (χ0v) is 14.2. The molecule has 2 rings (SSSR count). The van der Waals surface area contributed by atoms with Gasteiger partial charge in [0, 0.05) is 5.69 Å². The molecule has 1 aliphatic rings. The molecular formula is C15H18BrFN2OS. The molecule has 0 spiro atoms. The molecular weight excluding hydrogens is 355 g/mol. The number of carbonyl (C=O) groups excluding carboxylic acids is 1. The van der Waals surface area contributed by atoms with Crippen LogP contribution in [-0.4, -0.2) is 10.9 Å². The summed E-state index contributed by atoms with van der Waals surface area (Å²) >= 11 is 8.28. The van der Waals surface area contributed by atoms with Crippen LogP contribution in [0.3, 0.4) is 0 Å². The maximum absolute atomic E-state index is 13.5. The predicted molar refractivity (Wildman–Crippen MR) is 89.8 cm³/mol. The highest BCUT2D eigenvalue weighted by atomic mass is 79.9. The number of hydrogen-bond acceptors (Lipinski definition) is 2. The maximum atomic E-state index is 13.5. The van der Waals surface area contributed by atoms with Gasteiger partial charge in [0.1, 0.15) is 5.82 Å². The van der Waals surface area contributed by atoms with Crippen molar-refractivity contribution in [3.05, 3.63) is 28.0 Å². The van der Waals surface area contributed by atoms with E-state index >= 15 is 0 Å². The van der Waals surface area contributed by atoms with Gasteiger partial charge in [0.05, 0.1) is 14.9 Å². The van der Waals surface area contributed by atoms with Gasteiger partial charge in [0.2, 0.25) is 5.91 Å². The minimum Gasteiger partial charge on any atom is -0.392 e. The van der Waals surface area contributed by atoms with Crippen molar-refractivity contribution in [1.29, 1.82) is 0 Å². The highest BCUT2D eigenvalue weighted by Gasteiger charge is 2.42. The number of benzene rings is 1. The van der Waals surface area contributed by atoms with Crippen molar-refractivity contribution in [2.75, 3.05) is 5.32 Å². The summed E-state index contributed by atoms with van der Waals surface area (Å²) in [5.74, 6) is -0.538. The fourth-order valence-electron chi connectivity index (χ4n) is 2.76. The van der Waals surface area contributed by atoms with E-state index in [9.17, 15) is 9.18 Å². The van der Waals surface area contributed by atoms with Crippen molar-refractivity contribution < 1.29 is 9.18 Å². The van der Waals surface area contributed by atoms with Crippen LogP contribution in [0, 0.1) is 18.2 Å². The topological polar surface area (TPSA) is 55.1 Å². The van der Waals surface area contributed by atoms with E-state index < -0.39 is 5.41 Å². The van der Waals surface area contributed by atoms with Gasteiger partial charge in [-0.1, -0.05) is 31.5 Å². The summed E-state index contributed by atoms with van der Waals surface area (Å²) in [6.45, 7) is 1.75. The fraction of sp³-hybridized carbons (Fsp3) is 0.467. The fourth-order valence-corrected chi connectivity index (χ4v) is 3.40. The zero-order valence-electron chi connectivity index (χ0n) is 11.8. The van der Waals surface area contributed by atoms with Crippen LogP contribution in [0.2, 0.25) is 0 Å². The van der Waals surface area contributed by atoms with E-state index in [1.54, 1.807) is 13.0 Å².